The van der Waals surface area contributed by atoms with E-state index in [-0.39, 0.29) is 12.2 Å². The Morgan fingerprint density at radius 2 is 1.83 bits per heavy atom. The van der Waals surface area contributed by atoms with Crippen LogP contribution in [0.2, 0.25) is 5.02 Å². The first-order valence-corrected chi connectivity index (χ1v) is 9.88. The van der Waals surface area contributed by atoms with Gasteiger partial charge in [0.05, 0.1) is 12.1 Å². The molecule has 1 atom stereocenters. The summed E-state index contributed by atoms with van der Waals surface area (Å²) >= 11 is 7.15. The number of amides is 2. The molecule has 9 heteroatoms. The lowest BCUT2D eigenvalue weighted by molar-refractivity contribution is -0.132. The van der Waals surface area contributed by atoms with Crippen molar-refractivity contribution in [3.8, 4) is 16.3 Å². The van der Waals surface area contributed by atoms with Gasteiger partial charge >= 0.3 is 0 Å². The number of halogens is 2. The van der Waals surface area contributed by atoms with Gasteiger partial charge in [-0.1, -0.05) is 11.6 Å². The van der Waals surface area contributed by atoms with Gasteiger partial charge in [-0.3, -0.25) is 20.4 Å². The predicted octanol–water partition coefficient (Wildman–Crippen LogP) is 3.76. The molecule has 1 heterocycles. The summed E-state index contributed by atoms with van der Waals surface area (Å²) in [5.74, 6) is -0.763. The van der Waals surface area contributed by atoms with Gasteiger partial charge in [0.2, 0.25) is 5.91 Å². The van der Waals surface area contributed by atoms with Crippen molar-refractivity contribution in [1.29, 1.82) is 0 Å². The van der Waals surface area contributed by atoms with E-state index in [9.17, 15) is 14.0 Å². The lowest BCUT2D eigenvalue weighted by Crippen LogP contribution is -2.47. The number of carbonyl (C=O) groups excluding carboxylic acids is 2. The zero-order chi connectivity index (χ0) is 20.8. The second kappa shape index (κ2) is 9.49. The van der Waals surface area contributed by atoms with Crippen LogP contribution in [-0.2, 0) is 16.0 Å². The molecule has 3 aromatic rings. The van der Waals surface area contributed by atoms with Crippen LogP contribution in [-0.4, -0.2) is 22.9 Å². The van der Waals surface area contributed by atoms with E-state index in [0.717, 1.165) is 5.56 Å². The van der Waals surface area contributed by atoms with Crippen molar-refractivity contribution >= 4 is 34.8 Å². The van der Waals surface area contributed by atoms with E-state index in [1.54, 1.807) is 48.7 Å². The fourth-order valence-electron chi connectivity index (χ4n) is 2.33. The average Bonchev–Trinajstić information content (AvgIpc) is 3.16. The number of hydrogen-bond donors (Lipinski definition) is 2. The second-order valence-electron chi connectivity index (χ2n) is 6.08. The summed E-state index contributed by atoms with van der Waals surface area (Å²) in [6.07, 6.45) is -0.828. The normalized spacial score (nSPS) is 11.6. The molecule has 2 aromatic carbocycles. The Hall–Kier alpha value is -2.97. The van der Waals surface area contributed by atoms with Crippen LogP contribution < -0.4 is 15.6 Å². The van der Waals surface area contributed by atoms with E-state index >= 15 is 0 Å². The lowest BCUT2D eigenvalue weighted by atomic mass is 10.2. The minimum Gasteiger partial charge on any atom is -0.481 e. The summed E-state index contributed by atoms with van der Waals surface area (Å²) < 4.78 is 18.5. The Balaban J connectivity index is 1.47. The minimum atomic E-state index is -0.819. The molecule has 2 N–H and O–H groups in total. The van der Waals surface area contributed by atoms with Crippen LogP contribution in [0.3, 0.4) is 0 Å². The fraction of sp³-hybridized carbons (Fsp3) is 0.150. The highest BCUT2D eigenvalue weighted by Crippen LogP contribution is 2.24. The molecule has 0 radical (unpaired) electrons. The largest absolute Gasteiger partial charge is 0.481 e. The first kappa shape index (κ1) is 20.8. The Bertz CT molecular complexity index is 993. The maximum atomic E-state index is 13.0. The number of thiazole rings is 1. The molecule has 6 nitrogen and oxygen atoms in total. The smallest absolute Gasteiger partial charge is 0.279 e. The first-order valence-electron chi connectivity index (χ1n) is 8.62. The standard InChI is InChI=1S/C20H17ClFN3O3S/c1-12(28-17-8-4-14(21)5-9-17)19(27)25-24-18(26)10-16-11-29-20(23-16)13-2-6-15(22)7-3-13/h2-9,11-12H,10H2,1H3,(H,24,26)(H,25,27)/t12-/m1/s1. The summed E-state index contributed by atoms with van der Waals surface area (Å²) in [6, 6.07) is 12.5. The van der Waals surface area contributed by atoms with E-state index in [1.165, 1.54) is 23.5 Å². The van der Waals surface area contributed by atoms with Gasteiger partial charge in [-0.2, -0.15) is 0 Å². The van der Waals surface area contributed by atoms with Crippen molar-refractivity contribution in [1.82, 2.24) is 15.8 Å². The van der Waals surface area contributed by atoms with Gasteiger partial charge < -0.3 is 4.74 Å². The summed E-state index contributed by atoms with van der Waals surface area (Å²) in [5.41, 5.74) is 5.98. The molecule has 0 fully saturated rings. The molecule has 1 aromatic heterocycles. The molecule has 150 valence electrons. The molecule has 2 amide bonds. The van der Waals surface area contributed by atoms with Crippen molar-refractivity contribution in [3.05, 3.63) is 70.4 Å². The van der Waals surface area contributed by atoms with Crippen LogP contribution in [0.25, 0.3) is 10.6 Å². The molecular weight excluding hydrogens is 417 g/mol. The molecular formula is C20H17ClFN3O3S. The number of rotatable bonds is 6. The molecule has 0 bridgehead atoms. The molecule has 0 spiro atoms. The van der Waals surface area contributed by atoms with E-state index in [1.807, 2.05) is 0 Å². The highest BCUT2D eigenvalue weighted by atomic mass is 35.5. The second-order valence-corrected chi connectivity index (χ2v) is 7.37. The molecule has 29 heavy (non-hydrogen) atoms. The monoisotopic (exact) mass is 433 g/mol. The predicted molar refractivity (Wildman–Crippen MR) is 109 cm³/mol. The van der Waals surface area contributed by atoms with Crippen molar-refractivity contribution < 1.29 is 18.7 Å². The fourth-order valence-corrected chi connectivity index (χ4v) is 3.28. The molecule has 3 rings (SSSR count). The molecule has 0 saturated carbocycles. The Morgan fingerprint density at radius 3 is 2.52 bits per heavy atom. The van der Waals surface area contributed by atoms with Crippen molar-refractivity contribution in [2.45, 2.75) is 19.4 Å². The third kappa shape index (κ3) is 6.00. The quantitative estimate of drug-likeness (QED) is 0.580. The van der Waals surface area contributed by atoms with Gasteiger partial charge in [0.25, 0.3) is 5.91 Å². The summed E-state index contributed by atoms with van der Waals surface area (Å²) in [4.78, 5) is 28.5. The molecule has 0 aliphatic heterocycles. The number of hydrazine groups is 1. The summed E-state index contributed by atoms with van der Waals surface area (Å²) in [7, 11) is 0. The van der Waals surface area contributed by atoms with Gasteiger partial charge in [-0.25, -0.2) is 9.37 Å². The number of aromatic nitrogens is 1. The number of nitrogens with one attached hydrogen (secondary N) is 2. The first-order chi connectivity index (χ1) is 13.9. The van der Waals surface area contributed by atoms with E-state index in [2.05, 4.69) is 15.8 Å². The van der Waals surface area contributed by atoms with Gasteiger partial charge in [0.15, 0.2) is 6.10 Å². The highest BCUT2D eigenvalue weighted by Gasteiger charge is 2.16. The van der Waals surface area contributed by atoms with Gasteiger partial charge in [0.1, 0.15) is 16.6 Å². The summed E-state index contributed by atoms with van der Waals surface area (Å²) in [6.45, 7) is 1.56. The summed E-state index contributed by atoms with van der Waals surface area (Å²) in [5, 5.41) is 2.99. The number of carbonyl (C=O) groups is 2. The average molecular weight is 434 g/mol. The number of nitrogens with zero attached hydrogens (tertiary/aromatic N) is 1. The molecule has 0 aliphatic rings. The van der Waals surface area contributed by atoms with E-state index in [0.29, 0.717) is 21.5 Å². The van der Waals surface area contributed by atoms with Crippen molar-refractivity contribution in [2.24, 2.45) is 0 Å². The van der Waals surface area contributed by atoms with Gasteiger partial charge in [-0.15, -0.1) is 11.3 Å². The molecule has 0 aliphatic carbocycles. The Morgan fingerprint density at radius 1 is 1.14 bits per heavy atom. The van der Waals surface area contributed by atoms with Crippen molar-refractivity contribution in [3.63, 3.8) is 0 Å². The van der Waals surface area contributed by atoms with Crippen molar-refractivity contribution in [2.75, 3.05) is 0 Å². The Kier molecular flexibility index (Phi) is 6.79. The zero-order valence-corrected chi connectivity index (χ0v) is 16.9. The number of hydrogen-bond acceptors (Lipinski definition) is 5. The maximum Gasteiger partial charge on any atom is 0.279 e. The lowest BCUT2D eigenvalue weighted by Gasteiger charge is -2.15. The van der Waals surface area contributed by atoms with E-state index in [4.69, 9.17) is 16.3 Å². The molecule has 0 unspecified atom stereocenters. The van der Waals surface area contributed by atoms with E-state index < -0.39 is 17.9 Å². The number of benzene rings is 2. The van der Waals surface area contributed by atoms with Crippen LogP contribution in [0.4, 0.5) is 4.39 Å². The van der Waals surface area contributed by atoms with Crippen LogP contribution in [0, 0.1) is 5.82 Å². The minimum absolute atomic E-state index is 0.00953. The topological polar surface area (TPSA) is 80.3 Å². The highest BCUT2D eigenvalue weighted by molar-refractivity contribution is 7.13. The van der Waals surface area contributed by atoms with Crippen LogP contribution >= 0.6 is 22.9 Å². The maximum absolute atomic E-state index is 13.0. The molecule has 0 saturated heterocycles. The Labute approximate surface area is 175 Å². The van der Waals surface area contributed by atoms with Gasteiger partial charge in [-0.05, 0) is 55.5 Å². The third-order valence-corrected chi connectivity index (χ3v) is 5.00. The van der Waals surface area contributed by atoms with Crippen LogP contribution in [0.5, 0.6) is 5.75 Å². The zero-order valence-electron chi connectivity index (χ0n) is 15.3. The van der Waals surface area contributed by atoms with Crippen LogP contribution in [0.15, 0.2) is 53.9 Å². The van der Waals surface area contributed by atoms with Gasteiger partial charge in [0, 0.05) is 16.0 Å². The van der Waals surface area contributed by atoms with Crippen LogP contribution in [0.1, 0.15) is 12.6 Å². The number of ether oxygens (including phenoxy) is 1. The third-order valence-electron chi connectivity index (χ3n) is 3.81. The SMILES string of the molecule is C[C@@H](Oc1ccc(Cl)cc1)C(=O)NNC(=O)Cc1csc(-c2ccc(F)cc2)n1.